The summed E-state index contributed by atoms with van der Waals surface area (Å²) < 4.78 is 0. The summed E-state index contributed by atoms with van der Waals surface area (Å²) in [6, 6.07) is 8.62. The van der Waals surface area contributed by atoms with E-state index in [9.17, 15) is 0 Å². The fraction of sp³-hybridized carbons (Fsp3) is 0.500. The van der Waals surface area contributed by atoms with Gasteiger partial charge in [0.1, 0.15) is 0 Å². The fourth-order valence-corrected chi connectivity index (χ4v) is 2.28. The van der Waals surface area contributed by atoms with Gasteiger partial charge in [-0.25, -0.2) is 0 Å². The van der Waals surface area contributed by atoms with E-state index < -0.39 is 0 Å². The topological polar surface area (TPSA) is 3.24 Å². The average molecular weight is 354 g/mol. The van der Waals surface area contributed by atoms with Gasteiger partial charge in [0.15, 0.2) is 0 Å². The first-order valence-corrected chi connectivity index (χ1v) is 8.08. The first-order valence-electron chi connectivity index (χ1n) is 7.11. The molecule has 0 bridgehead atoms. The summed E-state index contributed by atoms with van der Waals surface area (Å²) in [5.74, 6) is 0. The van der Waals surface area contributed by atoms with E-state index >= 15 is 0 Å². The van der Waals surface area contributed by atoms with Crippen molar-refractivity contribution in [3.8, 4) is 0 Å². The van der Waals surface area contributed by atoms with Crippen molar-refractivity contribution in [1.29, 1.82) is 0 Å². The van der Waals surface area contributed by atoms with Crippen LogP contribution in [0.15, 0.2) is 29.7 Å². The minimum Gasteiger partial charge on any atom is -0.372 e. The van der Waals surface area contributed by atoms with Crippen molar-refractivity contribution in [2.24, 2.45) is 0 Å². The van der Waals surface area contributed by atoms with Crippen LogP contribution in [-0.4, -0.2) is 13.1 Å². The molecular weight excluding hydrogens is 329 g/mol. The molecule has 1 nitrogen and oxygen atoms in total. The van der Waals surface area contributed by atoms with Gasteiger partial charge in [0.2, 0.25) is 0 Å². The molecule has 0 radical (unpaired) electrons. The smallest absolute Gasteiger partial charge is 0.0366 e. The standard InChI is InChI=1S/C16H25NS2.Ni/c1-3-5-11-17(12-6-4-2)15-9-7-14(8-10-15)16(19)13-18;/h7-10,13,18-19H,3-6,11-12H2,1-2H3;. The average Bonchev–Trinajstić information content (AvgIpc) is 2.47. The molecule has 4 heteroatoms. The number of nitrogens with zero attached hydrogens (tertiary/aromatic N) is 1. The molecule has 0 spiro atoms. The van der Waals surface area contributed by atoms with Crippen LogP contribution in [0.5, 0.6) is 0 Å². The first kappa shape index (κ1) is 20.0. The summed E-state index contributed by atoms with van der Waals surface area (Å²) in [5, 5.41) is 1.73. The Morgan fingerprint density at radius 2 is 1.55 bits per heavy atom. The van der Waals surface area contributed by atoms with Gasteiger partial charge in [0.25, 0.3) is 0 Å². The molecule has 0 saturated carbocycles. The largest absolute Gasteiger partial charge is 0.372 e. The third-order valence-electron chi connectivity index (χ3n) is 3.21. The van der Waals surface area contributed by atoms with Gasteiger partial charge in [-0.3, -0.25) is 0 Å². The van der Waals surface area contributed by atoms with Crippen LogP contribution in [-0.2, 0) is 16.5 Å². The minimum absolute atomic E-state index is 0. The van der Waals surface area contributed by atoms with E-state index in [0.29, 0.717) is 0 Å². The molecule has 0 N–H and O–H groups in total. The van der Waals surface area contributed by atoms with Gasteiger partial charge in [0.05, 0.1) is 0 Å². The predicted molar refractivity (Wildman–Crippen MR) is 94.4 cm³/mol. The molecule has 0 fully saturated rings. The molecule has 0 aliphatic heterocycles. The second-order valence-corrected chi connectivity index (χ2v) is 5.50. The molecule has 0 aliphatic carbocycles. The van der Waals surface area contributed by atoms with E-state index in [1.807, 2.05) is 0 Å². The molecule has 0 aliphatic rings. The maximum Gasteiger partial charge on any atom is 0.0366 e. The molecule has 1 rings (SSSR count). The Hall–Kier alpha value is -0.0465. The molecule has 0 aromatic heterocycles. The number of unbranched alkanes of at least 4 members (excludes halogenated alkanes) is 2. The maximum absolute atomic E-state index is 4.39. The van der Waals surface area contributed by atoms with Crippen molar-refractivity contribution in [2.45, 2.75) is 39.5 Å². The van der Waals surface area contributed by atoms with E-state index in [2.05, 4.69) is 68.3 Å². The van der Waals surface area contributed by atoms with Gasteiger partial charge < -0.3 is 4.90 Å². The number of hydrogen-bond donors (Lipinski definition) is 2. The summed E-state index contributed by atoms with van der Waals surface area (Å²) in [6.45, 7) is 6.77. The van der Waals surface area contributed by atoms with Gasteiger partial charge in [0, 0.05) is 40.2 Å². The summed E-state index contributed by atoms with van der Waals surface area (Å²) in [7, 11) is 0. The van der Waals surface area contributed by atoms with Crippen molar-refractivity contribution in [1.82, 2.24) is 0 Å². The first-order chi connectivity index (χ1) is 9.22. The molecule has 116 valence electrons. The minimum atomic E-state index is 0. The second kappa shape index (κ2) is 11.6. The Labute approximate surface area is 145 Å². The quantitative estimate of drug-likeness (QED) is 0.477. The van der Waals surface area contributed by atoms with Crippen molar-refractivity contribution in [3.05, 3.63) is 35.2 Å². The van der Waals surface area contributed by atoms with Crippen molar-refractivity contribution in [2.75, 3.05) is 18.0 Å². The zero-order chi connectivity index (χ0) is 14.1. The number of rotatable bonds is 8. The molecule has 1 aromatic rings. The zero-order valence-electron chi connectivity index (χ0n) is 12.3. The third-order valence-corrected chi connectivity index (χ3v) is 4.06. The molecule has 1 aromatic carbocycles. The molecule has 0 amide bonds. The number of benzene rings is 1. The van der Waals surface area contributed by atoms with Crippen molar-refractivity contribution in [3.63, 3.8) is 0 Å². The van der Waals surface area contributed by atoms with E-state index in [1.165, 1.54) is 31.4 Å². The maximum atomic E-state index is 4.39. The van der Waals surface area contributed by atoms with E-state index in [4.69, 9.17) is 0 Å². The monoisotopic (exact) mass is 353 g/mol. The summed E-state index contributed by atoms with van der Waals surface area (Å²) in [4.78, 5) is 3.39. The Morgan fingerprint density at radius 3 is 1.95 bits per heavy atom. The van der Waals surface area contributed by atoms with Gasteiger partial charge in [-0.15, -0.1) is 12.6 Å². The summed E-state index contributed by atoms with van der Waals surface area (Å²) in [5.41, 5.74) is 2.43. The van der Waals surface area contributed by atoms with Crippen molar-refractivity contribution < 1.29 is 16.5 Å². The van der Waals surface area contributed by atoms with Crippen LogP contribution in [0.1, 0.15) is 45.1 Å². The van der Waals surface area contributed by atoms with Crippen LogP contribution in [0.2, 0.25) is 0 Å². The predicted octanol–water partition coefficient (Wildman–Crippen LogP) is 5.25. The molecule has 0 saturated heterocycles. The van der Waals surface area contributed by atoms with Crippen LogP contribution in [0, 0.1) is 0 Å². The molecular formula is C16H25NNiS2. The molecule has 20 heavy (non-hydrogen) atoms. The Bertz CT molecular complexity index is 382. The Kier molecular flexibility index (Phi) is 11.6. The Morgan fingerprint density at radius 1 is 1.05 bits per heavy atom. The molecule has 0 atom stereocenters. The number of hydrogen-bond acceptors (Lipinski definition) is 3. The normalized spacial score (nSPS) is 11.1. The van der Waals surface area contributed by atoms with Gasteiger partial charge in [-0.2, -0.15) is 12.6 Å². The number of anilines is 1. The van der Waals surface area contributed by atoms with Crippen LogP contribution in [0.4, 0.5) is 5.69 Å². The Balaban J connectivity index is 0.00000361. The van der Waals surface area contributed by atoms with E-state index in [-0.39, 0.29) is 16.5 Å². The van der Waals surface area contributed by atoms with Crippen LogP contribution < -0.4 is 4.90 Å². The summed E-state index contributed by atoms with van der Waals surface area (Å²) >= 11 is 8.53. The zero-order valence-corrected chi connectivity index (χ0v) is 15.1. The third kappa shape index (κ3) is 6.60. The summed E-state index contributed by atoms with van der Waals surface area (Å²) in [6.07, 6.45) is 4.98. The molecule has 0 heterocycles. The van der Waals surface area contributed by atoms with Gasteiger partial charge >= 0.3 is 0 Å². The van der Waals surface area contributed by atoms with Crippen LogP contribution >= 0.6 is 25.3 Å². The molecule has 0 unspecified atom stereocenters. The van der Waals surface area contributed by atoms with Crippen LogP contribution in [0.25, 0.3) is 4.91 Å². The number of thiol groups is 2. The van der Waals surface area contributed by atoms with Gasteiger partial charge in [-0.05, 0) is 35.9 Å². The fourth-order valence-electron chi connectivity index (χ4n) is 1.99. The van der Waals surface area contributed by atoms with E-state index in [0.717, 1.165) is 23.6 Å². The van der Waals surface area contributed by atoms with Crippen LogP contribution in [0.3, 0.4) is 0 Å². The SMILES string of the molecule is CCCCN(CCCC)c1ccc(C(S)=CS)cc1.[Ni]. The second-order valence-electron chi connectivity index (χ2n) is 4.76. The van der Waals surface area contributed by atoms with Crippen molar-refractivity contribution >= 4 is 35.9 Å². The van der Waals surface area contributed by atoms with E-state index in [1.54, 1.807) is 5.41 Å². The van der Waals surface area contributed by atoms with Gasteiger partial charge in [-0.1, -0.05) is 38.8 Å².